The highest BCUT2D eigenvalue weighted by Gasteiger charge is 1.94. The zero-order chi connectivity index (χ0) is 6.41. The van der Waals surface area contributed by atoms with Crippen molar-refractivity contribution in [2.75, 3.05) is 13.2 Å². The zero-order valence-electron chi connectivity index (χ0n) is 4.20. The molecule has 0 bridgehead atoms. The van der Waals surface area contributed by atoms with Gasteiger partial charge >= 0.3 is 0 Å². The second kappa shape index (κ2) is 4.32. The third-order valence-electron chi connectivity index (χ3n) is 0.577. The molecule has 0 unspecified atom stereocenters. The Bertz CT molecular complexity index is 61.7. The molecule has 0 saturated carbocycles. The summed E-state index contributed by atoms with van der Waals surface area (Å²) < 4.78 is 4.72. The summed E-state index contributed by atoms with van der Waals surface area (Å²) in [7, 11) is 0. The van der Waals surface area contributed by atoms with Crippen LogP contribution in [0.5, 0.6) is 0 Å². The predicted molar refractivity (Wildman–Crippen MR) is 25.8 cm³/mol. The summed E-state index contributed by atoms with van der Waals surface area (Å²) in [4.78, 5) is 8.25. The van der Waals surface area contributed by atoms with Gasteiger partial charge in [-0.15, -0.1) is 0 Å². The maximum atomic E-state index is 8.25. The molecule has 5 nitrogen and oxygen atoms in total. The van der Waals surface area contributed by atoms with Gasteiger partial charge in [0, 0.05) is 13.2 Å². The fraction of sp³-hybridized carbons (Fsp3) is 1.00. The molecule has 0 spiro atoms. The molecule has 1 rings (SSSR count). The van der Waals surface area contributed by atoms with Gasteiger partial charge in [-0.1, -0.05) is 0 Å². The summed E-state index contributed by atoms with van der Waals surface area (Å²) in [5.41, 5.74) is 0. The van der Waals surface area contributed by atoms with E-state index >= 15 is 0 Å². The lowest BCUT2D eigenvalue weighted by Crippen LogP contribution is -2.09. The number of hydrogen-bond acceptors (Lipinski definition) is 4. The SMILES string of the molecule is C1COC1.O=[N+]([O-])[O-]. The molecule has 0 radical (unpaired) electrons. The van der Waals surface area contributed by atoms with E-state index in [-0.39, 0.29) is 0 Å². The van der Waals surface area contributed by atoms with E-state index < -0.39 is 5.09 Å². The van der Waals surface area contributed by atoms with Gasteiger partial charge in [0.25, 0.3) is 0 Å². The van der Waals surface area contributed by atoms with E-state index in [1.165, 1.54) is 6.42 Å². The Morgan fingerprint density at radius 1 is 1.38 bits per heavy atom. The highest BCUT2D eigenvalue weighted by atomic mass is 16.9. The first kappa shape index (κ1) is 7.16. The van der Waals surface area contributed by atoms with Crippen LogP contribution in [-0.4, -0.2) is 18.3 Å². The van der Waals surface area contributed by atoms with Crippen molar-refractivity contribution in [3.8, 4) is 0 Å². The summed E-state index contributed by atoms with van der Waals surface area (Å²) in [6.07, 6.45) is 1.28. The molecule has 0 atom stereocenters. The smallest absolute Gasteiger partial charge is 0.0689 e. The van der Waals surface area contributed by atoms with E-state index in [9.17, 15) is 0 Å². The van der Waals surface area contributed by atoms with Gasteiger partial charge < -0.3 is 20.1 Å². The first-order valence-corrected chi connectivity index (χ1v) is 2.13. The number of hydrogen-bond donors (Lipinski definition) is 0. The second-order valence-corrected chi connectivity index (χ2v) is 1.19. The Kier molecular flexibility index (Phi) is 3.87. The maximum Gasteiger partial charge on any atom is 0.0689 e. The Morgan fingerprint density at radius 2 is 1.50 bits per heavy atom. The van der Waals surface area contributed by atoms with Crippen LogP contribution in [0.2, 0.25) is 0 Å². The Balaban J connectivity index is 0.000000122. The van der Waals surface area contributed by atoms with Gasteiger partial charge in [-0.25, -0.2) is 0 Å². The topological polar surface area (TPSA) is 75.4 Å². The van der Waals surface area contributed by atoms with Crippen LogP contribution in [0, 0.1) is 15.3 Å². The van der Waals surface area contributed by atoms with Gasteiger partial charge in [0.15, 0.2) is 0 Å². The lowest BCUT2D eigenvalue weighted by Gasteiger charge is -2.09. The molecule has 1 saturated heterocycles. The highest BCUT2D eigenvalue weighted by molar-refractivity contribution is 4.41. The van der Waals surface area contributed by atoms with Crippen LogP contribution < -0.4 is 0 Å². The number of rotatable bonds is 0. The van der Waals surface area contributed by atoms with E-state index in [1.54, 1.807) is 0 Å². The minimum atomic E-state index is -1.75. The molecule has 48 valence electrons. The summed E-state index contributed by atoms with van der Waals surface area (Å²) in [5, 5.41) is 14.8. The molecule has 0 aromatic heterocycles. The van der Waals surface area contributed by atoms with Crippen LogP contribution in [0.1, 0.15) is 6.42 Å². The molecule has 0 aromatic rings. The van der Waals surface area contributed by atoms with Gasteiger partial charge in [-0.3, -0.25) is 0 Å². The molecular formula is C3H6NO4-. The third-order valence-corrected chi connectivity index (χ3v) is 0.577. The zero-order valence-corrected chi connectivity index (χ0v) is 4.20. The van der Waals surface area contributed by atoms with Gasteiger partial charge in [-0.2, -0.15) is 0 Å². The van der Waals surface area contributed by atoms with Crippen molar-refractivity contribution >= 4 is 0 Å². The number of ether oxygens (including phenoxy) is 1. The Hall–Kier alpha value is -0.840. The average molecular weight is 120 g/mol. The molecule has 0 aliphatic carbocycles. The van der Waals surface area contributed by atoms with Crippen LogP contribution in [0.4, 0.5) is 0 Å². The molecule has 1 fully saturated rings. The quantitative estimate of drug-likeness (QED) is 0.337. The summed E-state index contributed by atoms with van der Waals surface area (Å²) in [5.74, 6) is 0. The molecule has 1 aliphatic heterocycles. The standard InChI is InChI=1S/C3H6O.NO3/c1-2-4-3-1;2-1(3)4/h1-3H2;/q;-1. The van der Waals surface area contributed by atoms with E-state index in [2.05, 4.69) is 0 Å². The summed E-state index contributed by atoms with van der Waals surface area (Å²) >= 11 is 0. The molecular weight excluding hydrogens is 114 g/mol. The van der Waals surface area contributed by atoms with Crippen molar-refractivity contribution in [1.29, 1.82) is 0 Å². The Labute approximate surface area is 46.0 Å². The van der Waals surface area contributed by atoms with Crippen LogP contribution >= 0.6 is 0 Å². The monoisotopic (exact) mass is 120 g/mol. The fourth-order valence-corrected chi connectivity index (χ4v) is 0.144. The minimum absolute atomic E-state index is 1.00. The van der Waals surface area contributed by atoms with Crippen molar-refractivity contribution in [1.82, 2.24) is 0 Å². The predicted octanol–water partition coefficient (Wildman–Crippen LogP) is 0.168. The molecule has 1 heterocycles. The first-order valence-electron chi connectivity index (χ1n) is 2.13. The minimum Gasteiger partial charge on any atom is -0.381 e. The summed E-state index contributed by atoms with van der Waals surface area (Å²) in [6.45, 7) is 2.00. The van der Waals surface area contributed by atoms with Crippen molar-refractivity contribution in [3.05, 3.63) is 15.3 Å². The van der Waals surface area contributed by atoms with Crippen LogP contribution in [0.25, 0.3) is 0 Å². The van der Waals surface area contributed by atoms with Crippen LogP contribution in [0.15, 0.2) is 0 Å². The van der Waals surface area contributed by atoms with Crippen molar-refractivity contribution in [2.45, 2.75) is 6.42 Å². The molecule has 0 N–H and O–H groups in total. The van der Waals surface area contributed by atoms with Crippen LogP contribution in [0.3, 0.4) is 0 Å². The van der Waals surface area contributed by atoms with E-state index in [4.69, 9.17) is 20.1 Å². The lowest BCUT2D eigenvalue weighted by atomic mass is 10.4. The van der Waals surface area contributed by atoms with Crippen molar-refractivity contribution in [2.24, 2.45) is 0 Å². The molecule has 0 aromatic carbocycles. The molecule has 8 heavy (non-hydrogen) atoms. The van der Waals surface area contributed by atoms with E-state index in [1.807, 2.05) is 0 Å². The molecule has 1 aliphatic rings. The van der Waals surface area contributed by atoms with E-state index in [0.29, 0.717) is 0 Å². The second-order valence-electron chi connectivity index (χ2n) is 1.19. The van der Waals surface area contributed by atoms with Gasteiger partial charge in [0.1, 0.15) is 0 Å². The average Bonchev–Trinajstić information content (AvgIpc) is 1.19. The van der Waals surface area contributed by atoms with Crippen LogP contribution in [-0.2, 0) is 4.74 Å². The largest absolute Gasteiger partial charge is 0.381 e. The lowest BCUT2D eigenvalue weighted by molar-refractivity contribution is -0.402. The first-order chi connectivity index (χ1) is 3.73. The third kappa shape index (κ3) is 8.94. The highest BCUT2D eigenvalue weighted by Crippen LogP contribution is 1.93. The summed E-state index contributed by atoms with van der Waals surface area (Å²) in [6, 6.07) is 0. The van der Waals surface area contributed by atoms with E-state index in [0.717, 1.165) is 13.2 Å². The van der Waals surface area contributed by atoms with Gasteiger partial charge in [-0.05, 0) is 6.42 Å². The molecule has 5 heteroatoms. The van der Waals surface area contributed by atoms with Gasteiger partial charge in [0.05, 0.1) is 5.09 Å². The molecule has 0 amide bonds. The fourth-order valence-electron chi connectivity index (χ4n) is 0.144. The van der Waals surface area contributed by atoms with Gasteiger partial charge in [0.2, 0.25) is 0 Å². The maximum absolute atomic E-state index is 8.25. The Morgan fingerprint density at radius 3 is 1.50 bits per heavy atom. The van der Waals surface area contributed by atoms with Crippen molar-refractivity contribution < 1.29 is 9.82 Å². The normalized spacial score (nSPS) is 15.0. The van der Waals surface area contributed by atoms with Crippen molar-refractivity contribution in [3.63, 3.8) is 0 Å². The number of nitrogens with zero attached hydrogens (tertiary/aromatic N) is 1.